The maximum Gasteiger partial charge on any atom is 0.167 e. The number of benzene rings is 3. The van der Waals surface area contributed by atoms with E-state index in [9.17, 15) is 15.3 Å². The Morgan fingerprint density at radius 1 is 0.444 bits per heavy atom. The standard InChI is InChI=1S/C27H18Cl3N3O3/c28-19-7-1-16(2-8-19)22(13-34)25-31-26(23(14-35)17-3-9-20(29)10-4-17)33-27(32-25)24(15-36)18-5-11-21(30)12-6-18/h1-15,34-36H/b22-13-,23-14-,24-15+. The van der Waals surface area contributed by atoms with Gasteiger partial charge < -0.3 is 15.3 Å². The molecule has 0 atom stereocenters. The molecule has 1 aromatic heterocycles. The molecule has 180 valence electrons. The van der Waals surface area contributed by atoms with Crippen molar-refractivity contribution >= 4 is 51.5 Å². The first-order valence-corrected chi connectivity index (χ1v) is 11.6. The summed E-state index contributed by atoms with van der Waals surface area (Å²) in [6, 6.07) is 20.3. The van der Waals surface area contributed by atoms with Gasteiger partial charge >= 0.3 is 0 Å². The van der Waals surface area contributed by atoms with E-state index in [1.807, 2.05) is 0 Å². The average Bonchev–Trinajstić information content (AvgIpc) is 2.89. The molecule has 36 heavy (non-hydrogen) atoms. The highest BCUT2D eigenvalue weighted by Crippen LogP contribution is 2.29. The zero-order chi connectivity index (χ0) is 25.7. The van der Waals surface area contributed by atoms with E-state index in [2.05, 4.69) is 15.0 Å². The molecule has 0 fully saturated rings. The summed E-state index contributed by atoms with van der Waals surface area (Å²) in [5, 5.41) is 31.9. The predicted octanol–water partition coefficient (Wildman–Crippen LogP) is 7.67. The second-order valence-corrected chi connectivity index (χ2v) is 8.76. The second kappa shape index (κ2) is 11.3. The quantitative estimate of drug-likeness (QED) is 0.218. The van der Waals surface area contributed by atoms with E-state index in [1.54, 1.807) is 72.8 Å². The number of aliphatic hydroxyl groups is 3. The fourth-order valence-electron chi connectivity index (χ4n) is 3.41. The van der Waals surface area contributed by atoms with E-state index in [0.717, 1.165) is 18.8 Å². The number of nitrogens with zero attached hydrogens (tertiary/aromatic N) is 3. The highest BCUT2D eigenvalue weighted by Gasteiger charge is 2.20. The molecule has 0 bridgehead atoms. The molecule has 0 aliphatic carbocycles. The summed E-state index contributed by atoms with van der Waals surface area (Å²) in [6.07, 6.45) is 2.63. The highest BCUT2D eigenvalue weighted by atomic mass is 35.5. The lowest BCUT2D eigenvalue weighted by Gasteiger charge is -2.13. The van der Waals surface area contributed by atoms with Gasteiger partial charge in [-0.2, -0.15) is 0 Å². The van der Waals surface area contributed by atoms with Crippen molar-refractivity contribution in [2.24, 2.45) is 0 Å². The van der Waals surface area contributed by atoms with Crippen LogP contribution in [-0.2, 0) is 0 Å². The van der Waals surface area contributed by atoms with Crippen LogP contribution in [-0.4, -0.2) is 30.3 Å². The van der Waals surface area contributed by atoms with E-state index in [0.29, 0.717) is 31.8 Å². The molecule has 1 heterocycles. The van der Waals surface area contributed by atoms with Gasteiger partial charge in [-0.05, 0) is 53.1 Å². The monoisotopic (exact) mass is 537 g/mol. The van der Waals surface area contributed by atoms with Gasteiger partial charge in [0, 0.05) is 15.1 Å². The molecule has 0 radical (unpaired) electrons. The third kappa shape index (κ3) is 5.52. The van der Waals surface area contributed by atoms with Gasteiger partial charge in [0.1, 0.15) is 0 Å². The molecule has 9 heteroatoms. The Balaban J connectivity index is 1.93. The van der Waals surface area contributed by atoms with Crippen LogP contribution in [0.2, 0.25) is 15.1 Å². The summed E-state index contributed by atoms with van der Waals surface area (Å²) >= 11 is 18.1. The molecule has 0 unspecified atom stereocenters. The van der Waals surface area contributed by atoms with Crippen molar-refractivity contribution in [3.8, 4) is 0 Å². The molecule has 0 saturated carbocycles. The number of hydrogen-bond acceptors (Lipinski definition) is 6. The van der Waals surface area contributed by atoms with Crippen LogP contribution in [0.1, 0.15) is 34.2 Å². The first kappa shape index (κ1) is 25.3. The third-order valence-corrected chi connectivity index (χ3v) is 5.97. The summed E-state index contributed by atoms with van der Waals surface area (Å²) in [5.41, 5.74) is 2.60. The minimum atomic E-state index is 0.0986. The molecular formula is C27H18Cl3N3O3. The zero-order valence-corrected chi connectivity index (χ0v) is 20.7. The Hall–Kier alpha value is -3.84. The molecule has 0 aliphatic rings. The van der Waals surface area contributed by atoms with Crippen LogP contribution < -0.4 is 0 Å². The van der Waals surface area contributed by atoms with E-state index < -0.39 is 0 Å². The van der Waals surface area contributed by atoms with Crippen LogP contribution >= 0.6 is 34.8 Å². The van der Waals surface area contributed by atoms with Crippen LogP contribution in [0.4, 0.5) is 0 Å². The molecule has 0 amide bonds. The van der Waals surface area contributed by atoms with Gasteiger partial charge in [-0.3, -0.25) is 0 Å². The van der Waals surface area contributed by atoms with Crippen molar-refractivity contribution in [1.29, 1.82) is 0 Å². The lowest BCUT2D eigenvalue weighted by Crippen LogP contribution is -2.09. The van der Waals surface area contributed by atoms with Gasteiger partial charge in [0.05, 0.1) is 35.5 Å². The van der Waals surface area contributed by atoms with Gasteiger partial charge in [0.25, 0.3) is 0 Å². The molecular weight excluding hydrogens is 521 g/mol. The van der Waals surface area contributed by atoms with Crippen molar-refractivity contribution in [3.63, 3.8) is 0 Å². The minimum absolute atomic E-state index is 0.0986. The van der Waals surface area contributed by atoms with Crippen molar-refractivity contribution in [2.75, 3.05) is 0 Å². The fraction of sp³-hybridized carbons (Fsp3) is 0. The molecule has 0 aliphatic heterocycles. The van der Waals surface area contributed by atoms with Crippen molar-refractivity contribution in [2.45, 2.75) is 0 Å². The Labute approximate surface area is 222 Å². The normalized spacial score (nSPS) is 12.6. The number of hydrogen-bond donors (Lipinski definition) is 3. The minimum Gasteiger partial charge on any atom is -0.515 e. The van der Waals surface area contributed by atoms with Crippen LogP contribution in [0.5, 0.6) is 0 Å². The Kier molecular flexibility index (Phi) is 7.90. The molecule has 6 nitrogen and oxygen atoms in total. The average molecular weight is 539 g/mol. The van der Waals surface area contributed by atoms with Gasteiger partial charge in [-0.15, -0.1) is 0 Å². The molecule has 3 aromatic carbocycles. The predicted molar refractivity (Wildman–Crippen MR) is 143 cm³/mol. The Bertz CT molecular complexity index is 1270. The van der Waals surface area contributed by atoms with Crippen molar-refractivity contribution in [3.05, 3.63) is 141 Å². The smallest absolute Gasteiger partial charge is 0.167 e. The summed E-state index contributed by atoms with van der Waals surface area (Å²) < 4.78 is 0. The summed E-state index contributed by atoms with van der Waals surface area (Å²) in [5.74, 6) is 0.296. The number of aliphatic hydroxyl groups excluding tert-OH is 3. The maximum absolute atomic E-state index is 10.1. The van der Waals surface area contributed by atoms with Crippen LogP contribution in [0.15, 0.2) is 91.6 Å². The molecule has 4 aromatic rings. The number of halogens is 3. The summed E-state index contributed by atoms with van der Waals surface area (Å²) in [7, 11) is 0. The van der Waals surface area contributed by atoms with Gasteiger partial charge in [0.15, 0.2) is 17.5 Å². The van der Waals surface area contributed by atoms with Crippen LogP contribution in [0, 0.1) is 0 Å². The SMILES string of the molecule is O/C=C(/c1ccc(Cl)cc1)c1nc(/C(=C\O)c2ccc(Cl)cc2)nc(/C(=C/O)c2ccc(Cl)cc2)n1. The van der Waals surface area contributed by atoms with Gasteiger partial charge in [-0.1, -0.05) is 71.2 Å². The largest absolute Gasteiger partial charge is 0.515 e. The van der Waals surface area contributed by atoms with Crippen molar-refractivity contribution in [1.82, 2.24) is 15.0 Å². The van der Waals surface area contributed by atoms with E-state index in [-0.39, 0.29) is 34.2 Å². The van der Waals surface area contributed by atoms with Gasteiger partial charge in [0.2, 0.25) is 0 Å². The Morgan fingerprint density at radius 3 is 0.861 bits per heavy atom. The molecule has 0 saturated heterocycles. The van der Waals surface area contributed by atoms with Crippen LogP contribution in [0.3, 0.4) is 0 Å². The van der Waals surface area contributed by atoms with E-state index in [4.69, 9.17) is 34.8 Å². The summed E-state index contributed by atoms with van der Waals surface area (Å²) in [6.45, 7) is 0. The van der Waals surface area contributed by atoms with E-state index in [1.165, 1.54) is 0 Å². The van der Waals surface area contributed by atoms with Gasteiger partial charge in [-0.25, -0.2) is 15.0 Å². The number of rotatable bonds is 6. The second-order valence-electron chi connectivity index (χ2n) is 7.46. The first-order valence-electron chi connectivity index (χ1n) is 10.5. The maximum atomic E-state index is 10.1. The highest BCUT2D eigenvalue weighted by molar-refractivity contribution is 6.31. The summed E-state index contributed by atoms with van der Waals surface area (Å²) in [4.78, 5) is 13.6. The topological polar surface area (TPSA) is 99.4 Å². The first-order chi connectivity index (χ1) is 17.4. The lowest BCUT2D eigenvalue weighted by molar-refractivity contribution is 0.475. The van der Waals surface area contributed by atoms with E-state index >= 15 is 0 Å². The lowest BCUT2D eigenvalue weighted by atomic mass is 10.0. The van der Waals surface area contributed by atoms with Crippen molar-refractivity contribution < 1.29 is 15.3 Å². The third-order valence-electron chi connectivity index (χ3n) is 5.21. The molecule has 3 N–H and O–H groups in total. The fourth-order valence-corrected chi connectivity index (χ4v) is 3.79. The van der Waals surface area contributed by atoms with Crippen LogP contribution in [0.25, 0.3) is 16.7 Å². The molecule has 4 rings (SSSR count). The number of aromatic nitrogens is 3. The molecule has 0 spiro atoms. The Morgan fingerprint density at radius 2 is 0.667 bits per heavy atom. The zero-order valence-electron chi connectivity index (χ0n) is 18.5.